The molecule has 0 aliphatic carbocycles. The zero-order chi connectivity index (χ0) is 8.15. The summed E-state index contributed by atoms with van der Waals surface area (Å²) in [6.07, 6.45) is 2.55. The van der Waals surface area contributed by atoms with E-state index in [4.69, 9.17) is 0 Å². The molecule has 0 aliphatic rings. The molecule has 0 spiro atoms. The summed E-state index contributed by atoms with van der Waals surface area (Å²) in [5.41, 5.74) is 0. The van der Waals surface area contributed by atoms with Crippen molar-refractivity contribution in [2.45, 2.75) is 39.7 Å². The molecule has 0 heterocycles. The topological polar surface area (TPSA) is 3.24 Å². The van der Waals surface area contributed by atoms with Crippen molar-refractivity contribution >= 4 is 9.39 Å². The lowest BCUT2D eigenvalue weighted by Crippen LogP contribution is -2.23. The zero-order valence-corrected chi connectivity index (χ0v) is 8.75. The summed E-state index contributed by atoms with van der Waals surface area (Å²) in [7, 11) is 4.87. The van der Waals surface area contributed by atoms with Gasteiger partial charge in [-0.25, -0.2) is 0 Å². The van der Waals surface area contributed by atoms with E-state index in [1.165, 1.54) is 12.8 Å². The van der Waals surface area contributed by atoms with E-state index >= 15 is 0 Å². The molecule has 1 nitrogen and oxygen atoms in total. The van der Waals surface area contributed by atoms with E-state index < -0.39 is 0 Å². The van der Waals surface area contributed by atoms with Crippen molar-refractivity contribution in [3.63, 3.8) is 0 Å². The third kappa shape index (κ3) is 4.24. The van der Waals surface area contributed by atoms with Crippen LogP contribution in [-0.4, -0.2) is 17.8 Å². The molecule has 0 N–H and O–H groups in total. The molecule has 0 aliphatic heterocycles. The highest BCUT2D eigenvalue weighted by Crippen LogP contribution is 2.15. The summed E-state index contributed by atoms with van der Waals surface area (Å²) in [6.45, 7) is 6.79. The SMILES string of the molecule is CCC(CC(C)C)N(C)P. The molecule has 10 heavy (non-hydrogen) atoms. The Bertz CT molecular complexity index is 81.3. The van der Waals surface area contributed by atoms with E-state index in [1.54, 1.807) is 0 Å². The van der Waals surface area contributed by atoms with Gasteiger partial charge in [0.2, 0.25) is 0 Å². The minimum Gasteiger partial charge on any atom is -0.287 e. The third-order valence-electron chi connectivity index (χ3n) is 1.79. The molecule has 0 rings (SSSR count). The van der Waals surface area contributed by atoms with Crippen molar-refractivity contribution in [3.8, 4) is 0 Å². The van der Waals surface area contributed by atoms with Crippen molar-refractivity contribution in [1.82, 2.24) is 4.67 Å². The fourth-order valence-electron chi connectivity index (χ4n) is 1.17. The molecule has 0 aromatic heterocycles. The average molecular weight is 161 g/mol. The number of rotatable bonds is 4. The normalized spacial score (nSPS) is 14.7. The molecule has 0 saturated carbocycles. The third-order valence-corrected chi connectivity index (χ3v) is 2.21. The summed E-state index contributed by atoms with van der Waals surface area (Å²) in [5.74, 6) is 0.813. The largest absolute Gasteiger partial charge is 0.287 e. The van der Waals surface area contributed by atoms with Gasteiger partial charge in [0.25, 0.3) is 0 Å². The Morgan fingerprint density at radius 2 is 1.90 bits per heavy atom. The van der Waals surface area contributed by atoms with Crippen LogP contribution >= 0.6 is 9.39 Å². The second-order valence-electron chi connectivity index (χ2n) is 3.36. The first-order chi connectivity index (χ1) is 4.57. The molecule has 0 bridgehead atoms. The van der Waals surface area contributed by atoms with Gasteiger partial charge in [0.1, 0.15) is 0 Å². The highest BCUT2D eigenvalue weighted by Gasteiger charge is 2.09. The molecule has 62 valence electrons. The minimum absolute atomic E-state index is 0.741. The fraction of sp³-hybridized carbons (Fsp3) is 1.00. The van der Waals surface area contributed by atoms with Crippen LogP contribution in [0, 0.1) is 5.92 Å². The van der Waals surface area contributed by atoms with Crippen LogP contribution in [0.5, 0.6) is 0 Å². The number of hydrogen-bond donors (Lipinski definition) is 0. The molecule has 2 atom stereocenters. The van der Waals surface area contributed by atoms with Crippen LogP contribution in [0.3, 0.4) is 0 Å². The van der Waals surface area contributed by atoms with Gasteiger partial charge in [0.05, 0.1) is 0 Å². The summed E-state index contributed by atoms with van der Waals surface area (Å²) in [4.78, 5) is 0. The van der Waals surface area contributed by atoms with Crippen molar-refractivity contribution < 1.29 is 0 Å². The van der Waals surface area contributed by atoms with Gasteiger partial charge in [0.15, 0.2) is 0 Å². The maximum absolute atomic E-state index is 2.74. The first-order valence-corrected chi connectivity index (χ1v) is 4.57. The van der Waals surface area contributed by atoms with Gasteiger partial charge >= 0.3 is 0 Å². The summed E-state index contributed by atoms with van der Waals surface area (Å²) < 4.78 is 2.24. The molecule has 0 aromatic rings. The van der Waals surface area contributed by atoms with Crippen LogP contribution in [0.1, 0.15) is 33.6 Å². The molecular weight excluding hydrogens is 141 g/mol. The predicted octanol–water partition coefficient (Wildman–Crippen LogP) is 2.53. The Balaban J connectivity index is 3.60. The summed E-state index contributed by atoms with van der Waals surface area (Å²) in [6, 6.07) is 0.741. The van der Waals surface area contributed by atoms with Gasteiger partial charge in [-0.1, -0.05) is 30.2 Å². The molecule has 0 fully saturated rings. The Morgan fingerprint density at radius 1 is 1.40 bits per heavy atom. The quantitative estimate of drug-likeness (QED) is 0.573. The highest BCUT2D eigenvalue weighted by molar-refractivity contribution is 7.13. The second-order valence-corrected chi connectivity index (χ2v) is 4.17. The fourth-order valence-corrected chi connectivity index (χ4v) is 1.50. The van der Waals surface area contributed by atoms with E-state index in [9.17, 15) is 0 Å². The Kier molecular flexibility index (Phi) is 5.29. The summed E-state index contributed by atoms with van der Waals surface area (Å²) >= 11 is 0. The van der Waals surface area contributed by atoms with Gasteiger partial charge in [0, 0.05) is 6.04 Å². The molecule has 0 aromatic carbocycles. The molecule has 0 amide bonds. The van der Waals surface area contributed by atoms with Crippen molar-refractivity contribution in [1.29, 1.82) is 0 Å². The van der Waals surface area contributed by atoms with Crippen molar-refractivity contribution in [3.05, 3.63) is 0 Å². The van der Waals surface area contributed by atoms with Gasteiger partial charge in [-0.2, -0.15) is 0 Å². The zero-order valence-electron chi connectivity index (χ0n) is 7.59. The standard InChI is InChI=1S/C8H20NP/c1-5-8(9(4)10)6-7(2)3/h7-8H,5-6,10H2,1-4H3. The van der Waals surface area contributed by atoms with E-state index in [0.717, 1.165) is 12.0 Å². The van der Waals surface area contributed by atoms with Crippen molar-refractivity contribution in [2.75, 3.05) is 7.05 Å². The molecule has 2 heteroatoms. The molecule has 0 radical (unpaired) electrons. The lowest BCUT2D eigenvalue weighted by molar-refractivity contribution is 0.332. The van der Waals surface area contributed by atoms with Crippen LogP contribution in [0.2, 0.25) is 0 Å². The predicted molar refractivity (Wildman–Crippen MR) is 51.0 cm³/mol. The van der Waals surface area contributed by atoms with Crippen LogP contribution in [0.4, 0.5) is 0 Å². The molecule has 2 unspecified atom stereocenters. The van der Waals surface area contributed by atoms with Gasteiger partial charge < -0.3 is 0 Å². The van der Waals surface area contributed by atoms with E-state index in [2.05, 4.69) is 41.9 Å². The first-order valence-electron chi connectivity index (χ1n) is 4.05. The van der Waals surface area contributed by atoms with Gasteiger partial charge in [-0.3, -0.25) is 4.67 Å². The van der Waals surface area contributed by atoms with Crippen LogP contribution < -0.4 is 0 Å². The lowest BCUT2D eigenvalue weighted by atomic mass is 10.0. The minimum atomic E-state index is 0.741. The van der Waals surface area contributed by atoms with Gasteiger partial charge in [-0.05, 0) is 25.8 Å². The van der Waals surface area contributed by atoms with E-state index in [-0.39, 0.29) is 0 Å². The average Bonchev–Trinajstić information content (AvgIpc) is 1.81. The Morgan fingerprint density at radius 3 is 2.00 bits per heavy atom. The molecule has 0 saturated heterocycles. The number of hydrogen-bond acceptors (Lipinski definition) is 1. The van der Waals surface area contributed by atoms with Crippen LogP contribution in [0.25, 0.3) is 0 Å². The van der Waals surface area contributed by atoms with Gasteiger partial charge in [-0.15, -0.1) is 0 Å². The molecular formula is C8H20NP. The maximum atomic E-state index is 2.74. The smallest absolute Gasteiger partial charge is 0.0126 e. The monoisotopic (exact) mass is 161 g/mol. The second kappa shape index (κ2) is 5.09. The van der Waals surface area contributed by atoms with Crippen LogP contribution in [-0.2, 0) is 0 Å². The Labute approximate surface area is 67.4 Å². The van der Waals surface area contributed by atoms with E-state index in [1.807, 2.05) is 0 Å². The first kappa shape index (κ1) is 10.4. The highest BCUT2D eigenvalue weighted by atomic mass is 31.0. The summed E-state index contributed by atoms with van der Waals surface area (Å²) in [5, 5.41) is 0. The Hall–Kier alpha value is 0.390. The maximum Gasteiger partial charge on any atom is 0.0126 e. The van der Waals surface area contributed by atoms with Crippen molar-refractivity contribution in [2.24, 2.45) is 5.92 Å². The number of nitrogens with zero attached hydrogens (tertiary/aromatic N) is 1. The lowest BCUT2D eigenvalue weighted by Gasteiger charge is -2.23. The van der Waals surface area contributed by atoms with E-state index in [0.29, 0.717) is 0 Å². The van der Waals surface area contributed by atoms with Crippen LogP contribution in [0.15, 0.2) is 0 Å².